The van der Waals surface area contributed by atoms with Gasteiger partial charge in [0.1, 0.15) is 5.56 Å². The summed E-state index contributed by atoms with van der Waals surface area (Å²) in [5, 5.41) is 19.8. The predicted molar refractivity (Wildman–Crippen MR) is 63.0 cm³/mol. The van der Waals surface area contributed by atoms with Gasteiger partial charge in [-0.2, -0.15) is 13.2 Å². The van der Waals surface area contributed by atoms with Crippen LogP contribution in [0, 0.1) is 10.1 Å². The monoisotopic (exact) mass is 278 g/mol. The molecule has 0 fully saturated rings. The molecule has 0 amide bonds. The molecule has 8 heteroatoms. The first-order valence-corrected chi connectivity index (χ1v) is 5.37. The number of hydrogen-bond donors (Lipinski definition) is 1. The maximum atomic E-state index is 12.7. The van der Waals surface area contributed by atoms with Crippen molar-refractivity contribution in [1.29, 1.82) is 0 Å². The summed E-state index contributed by atoms with van der Waals surface area (Å²) in [7, 11) is 1.49. The molecular weight excluding hydrogens is 265 g/mol. The van der Waals surface area contributed by atoms with Gasteiger partial charge in [-0.05, 0) is 19.1 Å². The molecule has 1 atom stereocenters. The van der Waals surface area contributed by atoms with E-state index in [-0.39, 0.29) is 12.2 Å². The average molecular weight is 278 g/mol. The standard InChI is InChI=1S/C11H13F3N2O3/c1-7(17)6-15(2)8-3-4-10(16(18)19)9(5-8)11(12,13)14/h3-5,7,17H,6H2,1-2H3. The number of alkyl halides is 3. The Hall–Kier alpha value is -1.83. The molecule has 1 aromatic carbocycles. The maximum absolute atomic E-state index is 12.7. The van der Waals surface area contributed by atoms with Crippen molar-refractivity contribution in [1.82, 2.24) is 0 Å². The van der Waals surface area contributed by atoms with E-state index in [0.717, 1.165) is 6.07 Å². The molecule has 1 aromatic rings. The van der Waals surface area contributed by atoms with Crippen molar-refractivity contribution >= 4 is 11.4 Å². The molecule has 0 aliphatic carbocycles. The van der Waals surface area contributed by atoms with Gasteiger partial charge in [-0.25, -0.2) is 0 Å². The van der Waals surface area contributed by atoms with Crippen molar-refractivity contribution in [2.75, 3.05) is 18.5 Å². The molecule has 1 N–H and O–H groups in total. The molecule has 0 saturated heterocycles. The van der Waals surface area contributed by atoms with Crippen molar-refractivity contribution in [3.05, 3.63) is 33.9 Å². The number of rotatable bonds is 4. The Balaban J connectivity index is 3.22. The fourth-order valence-electron chi connectivity index (χ4n) is 1.65. The lowest BCUT2D eigenvalue weighted by molar-refractivity contribution is -0.388. The molecule has 0 aliphatic rings. The minimum Gasteiger partial charge on any atom is -0.392 e. The van der Waals surface area contributed by atoms with E-state index in [1.165, 1.54) is 24.9 Å². The van der Waals surface area contributed by atoms with Crippen LogP contribution in [0.25, 0.3) is 0 Å². The smallest absolute Gasteiger partial charge is 0.392 e. The Morgan fingerprint density at radius 2 is 2.05 bits per heavy atom. The third-order valence-corrected chi connectivity index (χ3v) is 2.46. The molecule has 1 unspecified atom stereocenters. The van der Waals surface area contributed by atoms with Crippen LogP contribution in [0.15, 0.2) is 18.2 Å². The van der Waals surface area contributed by atoms with Gasteiger partial charge < -0.3 is 10.0 Å². The van der Waals surface area contributed by atoms with Crippen LogP contribution in [0.1, 0.15) is 12.5 Å². The topological polar surface area (TPSA) is 66.6 Å². The number of benzene rings is 1. The maximum Gasteiger partial charge on any atom is 0.423 e. The molecule has 0 spiro atoms. The zero-order valence-electron chi connectivity index (χ0n) is 10.3. The third kappa shape index (κ3) is 3.82. The van der Waals surface area contributed by atoms with Gasteiger partial charge in [-0.15, -0.1) is 0 Å². The summed E-state index contributed by atoms with van der Waals surface area (Å²) in [6.07, 6.45) is -5.53. The second kappa shape index (κ2) is 5.43. The summed E-state index contributed by atoms with van der Waals surface area (Å²) in [5.41, 5.74) is -2.13. The Labute approximate surface area is 107 Å². The van der Waals surface area contributed by atoms with Gasteiger partial charge in [0.2, 0.25) is 0 Å². The van der Waals surface area contributed by atoms with Crippen molar-refractivity contribution < 1.29 is 23.2 Å². The number of nitro benzene ring substituents is 1. The van der Waals surface area contributed by atoms with Crippen molar-refractivity contribution in [3.8, 4) is 0 Å². The van der Waals surface area contributed by atoms with Gasteiger partial charge in [-0.3, -0.25) is 10.1 Å². The van der Waals surface area contributed by atoms with Gasteiger partial charge >= 0.3 is 6.18 Å². The predicted octanol–water partition coefficient (Wildman–Crippen LogP) is 2.43. The number of aliphatic hydroxyl groups excluding tert-OH is 1. The van der Waals surface area contributed by atoms with E-state index in [1.54, 1.807) is 0 Å². The SMILES string of the molecule is CC(O)CN(C)c1ccc([N+](=O)[O-])c(C(F)(F)F)c1. The van der Waals surface area contributed by atoms with Crippen LogP contribution < -0.4 is 4.90 Å². The third-order valence-electron chi connectivity index (χ3n) is 2.46. The number of hydrogen-bond acceptors (Lipinski definition) is 4. The van der Waals surface area contributed by atoms with Crippen LogP contribution in [0.3, 0.4) is 0 Å². The van der Waals surface area contributed by atoms with Crippen molar-refractivity contribution in [2.45, 2.75) is 19.2 Å². The minimum absolute atomic E-state index is 0.120. The Kier molecular flexibility index (Phi) is 4.35. The van der Waals surface area contributed by atoms with Gasteiger partial charge in [0.05, 0.1) is 11.0 Å². The summed E-state index contributed by atoms with van der Waals surface area (Å²) in [4.78, 5) is 10.9. The first-order valence-electron chi connectivity index (χ1n) is 5.37. The van der Waals surface area contributed by atoms with Crippen LogP contribution in [0.5, 0.6) is 0 Å². The zero-order chi connectivity index (χ0) is 14.8. The van der Waals surface area contributed by atoms with E-state index in [1.807, 2.05) is 0 Å². The fraction of sp³-hybridized carbons (Fsp3) is 0.455. The molecule has 5 nitrogen and oxygen atoms in total. The van der Waals surface area contributed by atoms with Crippen molar-refractivity contribution in [2.24, 2.45) is 0 Å². The van der Waals surface area contributed by atoms with Gasteiger partial charge in [0.15, 0.2) is 0 Å². The summed E-state index contributed by atoms with van der Waals surface area (Å²) < 4.78 is 38.2. The number of nitrogens with zero attached hydrogens (tertiary/aromatic N) is 2. The highest BCUT2D eigenvalue weighted by molar-refractivity contribution is 5.56. The van der Waals surface area contributed by atoms with E-state index < -0.39 is 28.5 Å². The van der Waals surface area contributed by atoms with Crippen LogP contribution in [0.2, 0.25) is 0 Å². The van der Waals surface area contributed by atoms with E-state index in [9.17, 15) is 28.4 Å². The molecule has 0 saturated carbocycles. The normalized spacial score (nSPS) is 13.2. The molecule has 0 aliphatic heterocycles. The summed E-state index contributed by atoms with van der Waals surface area (Å²) in [6, 6.07) is 2.74. The van der Waals surface area contributed by atoms with E-state index in [4.69, 9.17) is 0 Å². The summed E-state index contributed by atoms with van der Waals surface area (Å²) in [6.45, 7) is 1.61. The Bertz CT molecular complexity index is 475. The first kappa shape index (κ1) is 15.2. The van der Waals surface area contributed by atoms with E-state index >= 15 is 0 Å². The quantitative estimate of drug-likeness (QED) is 0.678. The van der Waals surface area contributed by atoms with E-state index in [0.29, 0.717) is 6.07 Å². The molecule has 0 aromatic heterocycles. The van der Waals surface area contributed by atoms with Gasteiger partial charge in [-0.1, -0.05) is 0 Å². The molecule has 0 radical (unpaired) electrons. The molecule has 19 heavy (non-hydrogen) atoms. The molecule has 0 bridgehead atoms. The summed E-state index contributed by atoms with van der Waals surface area (Å²) in [5.74, 6) is 0. The summed E-state index contributed by atoms with van der Waals surface area (Å²) >= 11 is 0. The number of anilines is 1. The van der Waals surface area contributed by atoms with Crippen LogP contribution in [-0.2, 0) is 6.18 Å². The van der Waals surface area contributed by atoms with Gasteiger partial charge in [0, 0.05) is 25.3 Å². The first-order chi connectivity index (χ1) is 8.62. The van der Waals surface area contributed by atoms with E-state index in [2.05, 4.69) is 0 Å². The van der Waals surface area contributed by atoms with Crippen LogP contribution in [0.4, 0.5) is 24.5 Å². The molecule has 0 heterocycles. The number of aliphatic hydroxyl groups is 1. The van der Waals surface area contributed by atoms with Gasteiger partial charge in [0.25, 0.3) is 5.69 Å². The second-order valence-electron chi connectivity index (χ2n) is 4.19. The Morgan fingerprint density at radius 1 is 1.47 bits per heavy atom. The largest absolute Gasteiger partial charge is 0.423 e. The molecular formula is C11H13F3N2O3. The highest BCUT2D eigenvalue weighted by atomic mass is 19.4. The molecule has 106 valence electrons. The lowest BCUT2D eigenvalue weighted by Gasteiger charge is -2.21. The average Bonchev–Trinajstić information content (AvgIpc) is 2.25. The lowest BCUT2D eigenvalue weighted by Crippen LogP contribution is -2.27. The number of nitro groups is 1. The number of halogens is 3. The minimum atomic E-state index is -4.80. The fourth-order valence-corrected chi connectivity index (χ4v) is 1.65. The lowest BCUT2D eigenvalue weighted by atomic mass is 10.1. The van der Waals surface area contributed by atoms with Crippen LogP contribution in [-0.4, -0.2) is 29.7 Å². The highest BCUT2D eigenvalue weighted by Crippen LogP contribution is 2.38. The molecule has 1 rings (SSSR count). The second-order valence-corrected chi connectivity index (χ2v) is 4.19. The van der Waals surface area contributed by atoms with Crippen LogP contribution >= 0.6 is 0 Å². The zero-order valence-corrected chi connectivity index (χ0v) is 10.3. The Morgan fingerprint density at radius 3 is 2.47 bits per heavy atom. The number of likely N-dealkylation sites (N-methyl/N-ethyl adjacent to an activating group) is 1. The highest BCUT2D eigenvalue weighted by Gasteiger charge is 2.38. The van der Waals surface area contributed by atoms with Crippen molar-refractivity contribution in [3.63, 3.8) is 0 Å².